The quantitative estimate of drug-likeness (QED) is 0.520. The van der Waals surface area contributed by atoms with Crippen LogP contribution in [-0.4, -0.2) is 6.47 Å². The highest BCUT2D eigenvalue weighted by molar-refractivity contribution is 5.35. The summed E-state index contributed by atoms with van der Waals surface area (Å²) in [4.78, 5) is 12.2. The van der Waals surface area contributed by atoms with E-state index in [1.807, 2.05) is 0 Å². The molecule has 0 unspecified atom stereocenters. The van der Waals surface area contributed by atoms with Gasteiger partial charge in [0.25, 0.3) is 0 Å². The Kier molecular flexibility index (Phi) is 3.99. The van der Waals surface area contributed by atoms with Crippen LogP contribution in [0.15, 0.2) is 24.3 Å². The molecule has 0 heterocycles. The van der Waals surface area contributed by atoms with E-state index in [0.717, 1.165) is 0 Å². The first kappa shape index (κ1) is 9.74. The molecule has 2 N–H and O–H groups in total. The monoisotopic (exact) mass is 179 g/mol. The van der Waals surface area contributed by atoms with Gasteiger partial charge >= 0.3 is 6.47 Å². The number of hydrogen-bond acceptors (Lipinski definition) is 3. The molecule has 0 amide bonds. The van der Waals surface area contributed by atoms with Gasteiger partial charge in [0.15, 0.2) is 0 Å². The van der Waals surface area contributed by atoms with Gasteiger partial charge < -0.3 is 4.84 Å². The lowest BCUT2D eigenvalue weighted by Crippen LogP contribution is -1.92. The van der Waals surface area contributed by atoms with Crippen molar-refractivity contribution in [2.45, 2.75) is 19.3 Å². The summed E-state index contributed by atoms with van der Waals surface area (Å²) in [5, 5.41) is 0. The molecule has 1 aromatic rings. The molecule has 13 heavy (non-hydrogen) atoms. The lowest BCUT2D eigenvalue weighted by molar-refractivity contribution is -0.129. The van der Waals surface area contributed by atoms with E-state index < -0.39 is 0 Å². The lowest BCUT2D eigenvalue weighted by atomic mass is 10.1. The van der Waals surface area contributed by atoms with Crippen molar-refractivity contribution in [3.05, 3.63) is 35.4 Å². The minimum absolute atomic E-state index is 0.153. The van der Waals surface area contributed by atoms with Gasteiger partial charge in [-0.05, 0) is 30.4 Å². The minimum Gasteiger partial charge on any atom is -0.376 e. The molecule has 0 fully saturated rings. The third kappa shape index (κ3) is 2.87. The second-order valence-corrected chi connectivity index (χ2v) is 2.85. The minimum atomic E-state index is 0.153. The zero-order valence-corrected chi connectivity index (χ0v) is 7.40. The van der Waals surface area contributed by atoms with E-state index in [4.69, 9.17) is 4.79 Å². The van der Waals surface area contributed by atoms with E-state index >= 15 is 0 Å². The topological polar surface area (TPSA) is 52.3 Å². The van der Waals surface area contributed by atoms with Gasteiger partial charge in [-0.15, -0.1) is 0 Å². The highest BCUT2D eigenvalue weighted by atomic mass is 16.6. The molecule has 0 aliphatic heterocycles. The fraction of sp³-hybridized carbons (Fsp3) is 0.300. The van der Waals surface area contributed by atoms with Crippen LogP contribution in [0, 0.1) is 0 Å². The molecule has 1 aliphatic rings. The Bertz CT molecular complexity index is 250. The molecule has 0 spiro atoms. The zero-order valence-electron chi connectivity index (χ0n) is 7.40. The van der Waals surface area contributed by atoms with E-state index in [9.17, 15) is 0 Å². The summed E-state index contributed by atoms with van der Waals surface area (Å²) in [6.45, 7) is 0.153. The molecule has 0 bridgehead atoms. The van der Waals surface area contributed by atoms with E-state index in [0.29, 0.717) is 0 Å². The fourth-order valence-corrected chi connectivity index (χ4v) is 1.51. The van der Waals surface area contributed by atoms with Crippen molar-refractivity contribution in [3.63, 3.8) is 0 Å². The van der Waals surface area contributed by atoms with E-state index in [1.54, 1.807) is 11.1 Å². The van der Waals surface area contributed by atoms with E-state index in [1.165, 1.54) is 19.3 Å². The second-order valence-electron chi connectivity index (χ2n) is 2.85. The summed E-state index contributed by atoms with van der Waals surface area (Å²) in [6.07, 6.45) is 3.96. The molecular formula is C10H13NO2. The number of rotatable bonds is 1. The third-order valence-corrected chi connectivity index (χ3v) is 2.07. The van der Waals surface area contributed by atoms with Crippen LogP contribution in [0.5, 0.6) is 0 Å². The first-order chi connectivity index (χ1) is 6.38. The van der Waals surface area contributed by atoms with Crippen LogP contribution in [0.2, 0.25) is 0 Å². The lowest BCUT2D eigenvalue weighted by Gasteiger charge is -1.93. The van der Waals surface area contributed by atoms with Gasteiger partial charge in [0.1, 0.15) is 0 Å². The maximum Gasteiger partial charge on any atom is 0.312 e. The van der Waals surface area contributed by atoms with Crippen molar-refractivity contribution < 1.29 is 9.63 Å². The van der Waals surface area contributed by atoms with Crippen LogP contribution < -0.4 is 5.90 Å². The Morgan fingerprint density at radius 1 is 1.23 bits per heavy atom. The molecule has 1 aliphatic carbocycles. The predicted molar refractivity (Wildman–Crippen MR) is 49.8 cm³/mol. The smallest absolute Gasteiger partial charge is 0.312 e. The molecule has 1 aromatic carbocycles. The van der Waals surface area contributed by atoms with Crippen molar-refractivity contribution in [3.8, 4) is 0 Å². The van der Waals surface area contributed by atoms with Crippen LogP contribution in [0.25, 0.3) is 0 Å². The number of nitrogens with two attached hydrogens (primary N) is 1. The molecule has 0 atom stereocenters. The number of carbonyl (C=O) groups excluding carboxylic acids is 1. The van der Waals surface area contributed by atoms with Gasteiger partial charge in [-0.2, -0.15) is 5.90 Å². The largest absolute Gasteiger partial charge is 0.376 e. The Morgan fingerprint density at radius 3 is 2.08 bits per heavy atom. The van der Waals surface area contributed by atoms with Crippen LogP contribution in [0.4, 0.5) is 0 Å². The second kappa shape index (κ2) is 5.32. The van der Waals surface area contributed by atoms with Crippen molar-refractivity contribution in [2.24, 2.45) is 5.90 Å². The molecule has 3 heteroatoms. The number of fused-ring (bicyclic) bond motifs is 1. The Labute approximate surface area is 77.5 Å². The molecule has 0 saturated carbocycles. The average Bonchev–Trinajstić information content (AvgIpc) is 2.66. The van der Waals surface area contributed by atoms with E-state index in [2.05, 4.69) is 35.0 Å². The standard InChI is InChI=1S/C9H10.CH3NO2/c1-2-5-9-7-3-6-8(9)4-1;2-4-1-3/h1-2,4-5H,3,6-7H2;1H,2H2. The molecule has 0 radical (unpaired) electrons. The number of aryl methyl sites for hydroxylation is 2. The fourth-order valence-electron chi connectivity index (χ4n) is 1.51. The molecular weight excluding hydrogens is 166 g/mol. The molecule has 0 aromatic heterocycles. The summed E-state index contributed by atoms with van der Waals surface area (Å²) in [7, 11) is 0. The molecule has 70 valence electrons. The molecule has 0 saturated heterocycles. The summed E-state index contributed by atoms with van der Waals surface area (Å²) in [6, 6.07) is 8.74. The zero-order chi connectivity index (χ0) is 9.52. The third-order valence-electron chi connectivity index (χ3n) is 2.07. The van der Waals surface area contributed by atoms with Gasteiger partial charge in [0.2, 0.25) is 0 Å². The average molecular weight is 179 g/mol. The van der Waals surface area contributed by atoms with Crippen LogP contribution in [0.1, 0.15) is 17.5 Å². The van der Waals surface area contributed by atoms with Crippen LogP contribution in [-0.2, 0) is 22.5 Å². The van der Waals surface area contributed by atoms with Crippen molar-refractivity contribution in [2.75, 3.05) is 0 Å². The summed E-state index contributed by atoms with van der Waals surface area (Å²) in [5.74, 6) is 4.16. The van der Waals surface area contributed by atoms with Crippen LogP contribution in [0.3, 0.4) is 0 Å². The van der Waals surface area contributed by atoms with Gasteiger partial charge in [-0.3, -0.25) is 4.79 Å². The molecule has 2 rings (SSSR count). The van der Waals surface area contributed by atoms with E-state index in [-0.39, 0.29) is 6.47 Å². The number of carbonyl (C=O) groups is 1. The van der Waals surface area contributed by atoms with Gasteiger partial charge in [-0.1, -0.05) is 24.3 Å². The normalized spacial score (nSPS) is 12.4. The highest BCUT2D eigenvalue weighted by Gasteiger charge is 2.07. The highest BCUT2D eigenvalue weighted by Crippen LogP contribution is 2.20. The summed E-state index contributed by atoms with van der Waals surface area (Å²) in [5.41, 5.74) is 3.13. The maximum atomic E-state index is 8.83. The maximum absolute atomic E-state index is 8.83. The Hall–Kier alpha value is -1.35. The Balaban J connectivity index is 0.000000184. The number of hydrogen-bond donors (Lipinski definition) is 1. The predicted octanol–water partition coefficient (Wildman–Crippen LogP) is 1.21. The Morgan fingerprint density at radius 2 is 1.69 bits per heavy atom. The first-order valence-electron chi connectivity index (χ1n) is 4.24. The van der Waals surface area contributed by atoms with Gasteiger partial charge in [-0.25, -0.2) is 0 Å². The molecule has 3 nitrogen and oxygen atoms in total. The first-order valence-corrected chi connectivity index (χ1v) is 4.24. The van der Waals surface area contributed by atoms with Gasteiger partial charge in [0, 0.05) is 0 Å². The summed E-state index contributed by atoms with van der Waals surface area (Å²) >= 11 is 0. The number of benzene rings is 1. The van der Waals surface area contributed by atoms with Crippen molar-refractivity contribution in [1.29, 1.82) is 0 Å². The summed E-state index contributed by atoms with van der Waals surface area (Å²) < 4.78 is 0. The van der Waals surface area contributed by atoms with Crippen molar-refractivity contribution >= 4 is 6.47 Å². The van der Waals surface area contributed by atoms with Crippen molar-refractivity contribution in [1.82, 2.24) is 0 Å². The van der Waals surface area contributed by atoms with Gasteiger partial charge in [0.05, 0.1) is 0 Å². The van der Waals surface area contributed by atoms with Crippen LogP contribution >= 0.6 is 0 Å². The SMILES string of the molecule is NOC=O.c1ccc2c(c1)CCC2.